The third-order valence-corrected chi connectivity index (χ3v) is 2.79. The highest BCUT2D eigenvalue weighted by atomic mass is 19.1. The molecule has 0 fully saturated rings. The summed E-state index contributed by atoms with van der Waals surface area (Å²) in [5, 5.41) is 3.18. The second kappa shape index (κ2) is 7.12. The van der Waals surface area contributed by atoms with Crippen LogP contribution >= 0.6 is 0 Å². The van der Waals surface area contributed by atoms with Gasteiger partial charge >= 0.3 is 0 Å². The Labute approximate surface area is 103 Å². The molecule has 0 aromatic heterocycles. The van der Waals surface area contributed by atoms with Crippen LogP contribution < -0.4 is 11.1 Å². The molecule has 1 aromatic rings. The quantitative estimate of drug-likeness (QED) is 0.567. The van der Waals surface area contributed by atoms with Crippen LogP contribution in [0.25, 0.3) is 0 Å². The number of rotatable bonds is 7. The highest BCUT2D eigenvalue weighted by Crippen LogP contribution is 2.15. The van der Waals surface area contributed by atoms with Crippen molar-refractivity contribution in [3.63, 3.8) is 0 Å². The zero-order valence-electron chi connectivity index (χ0n) is 10.7. The van der Waals surface area contributed by atoms with E-state index < -0.39 is 0 Å². The summed E-state index contributed by atoms with van der Waals surface area (Å²) in [7, 11) is 0. The summed E-state index contributed by atoms with van der Waals surface area (Å²) in [6.45, 7) is 8.35. The first kappa shape index (κ1) is 13.8. The number of hydrogen-bond acceptors (Lipinski definition) is 3. The van der Waals surface area contributed by atoms with Gasteiger partial charge < -0.3 is 16.0 Å². The molecule has 0 aliphatic rings. The summed E-state index contributed by atoms with van der Waals surface area (Å²) in [5.74, 6) is -0.295. The summed E-state index contributed by atoms with van der Waals surface area (Å²) >= 11 is 0. The van der Waals surface area contributed by atoms with E-state index in [0.29, 0.717) is 5.69 Å². The van der Waals surface area contributed by atoms with Crippen LogP contribution in [0.1, 0.15) is 20.3 Å². The fraction of sp³-hybridized carbons (Fsp3) is 0.538. The van der Waals surface area contributed by atoms with Crippen LogP contribution in [-0.4, -0.2) is 31.1 Å². The van der Waals surface area contributed by atoms with Crippen LogP contribution in [0.3, 0.4) is 0 Å². The van der Waals surface area contributed by atoms with Gasteiger partial charge in [-0.15, -0.1) is 0 Å². The maximum atomic E-state index is 13.0. The van der Waals surface area contributed by atoms with Crippen LogP contribution in [0.4, 0.5) is 15.8 Å². The molecule has 0 radical (unpaired) electrons. The van der Waals surface area contributed by atoms with E-state index >= 15 is 0 Å². The topological polar surface area (TPSA) is 41.3 Å². The standard InChI is InChI=1S/C13H22FN3/c1-3-17(4-2)7-5-6-16-13-9-11(14)8-12(15)10-13/h8-10,16H,3-7,15H2,1-2H3. The molecular weight excluding hydrogens is 217 g/mol. The van der Waals surface area contributed by atoms with E-state index in [0.717, 1.165) is 38.3 Å². The Bertz CT molecular complexity index is 317. The van der Waals surface area contributed by atoms with Gasteiger partial charge in [-0.2, -0.15) is 0 Å². The van der Waals surface area contributed by atoms with Gasteiger partial charge in [0.2, 0.25) is 0 Å². The smallest absolute Gasteiger partial charge is 0.127 e. The summed E-state index contributed by atoms with van der Waals surface area (Å²) in [6, 6.07) is 4.54. The number of hydrogen-bond donors (Lipinski definition) is 2. The molecule has 0 saturated heterocycles. The number of nitrogen functional groups attached to an aromatic ring is 1. The second-order valence-corrected chi connectivity index (χ2v) is 4.08. The van der Waals surface area contributed by atoms with Gasteiger partial charge in [0, 0.05) is 17.9 Å². The fourth-order valence-corrected chi connectivity index (χ4v) is 1.79. The van der Waals surface area contributed by atoms with Crippen molar-refractivity contribution in [2.24, 2.45) is 0 Å². The molecule has 3 N–H and O–H groups in total. The molecule has 0 amide bonds. The van der Waals surface area contributed by atoms with Crippen molar-refractivity contribution in [3.8, 4) is 0 Å². The van der Waals surface area contributed by atoms with Crippen molar-refractivity contribution < 1.29 is 4.39 Å². The molecule has 0 atom stereocenters. The zero-order valence-corrected chi connectivity index (χ0v) is 10.7. The molecule has 17 heavy (non-hydrogen) atoms. The van der Waals surface area contributed by atoms with Crippen LogP contribution in [0.2, 0.25) is 0 Å². The van der Waals surface area contributed by atoms with Crippen molar-refractivity contribution in [2.75, 3.05) is 37.2 Å². The van der Waals surface area contributed by atoms with Gasteiger partial charge in [0.15, 0.2) is 0 Å². The Balaban J connectivity index is 2.31. The van der Waals surface area contributed by atoms with Crippen molar-refractivity contribution in [2.45, 2.75) is 20.3 Å². The van der Waals surface area contributed by atoms with E-state index in [-0.39, 0.29) is 5.82 Å². The van der Waals surface area contributed by atoms with Crippen LogP contribution in [-0.2, 0) is 0 Å². The Morgan fingerprint density at radius 3 is 2.53 bits per heavy atom. The summed E-state index contributed by atoms with van der Waals surface area (Å²) in [4.78, 5) is 2.36. The summed E-state index contributed by atoms with van der Waals surface area (Å²) in [6.07, 6.45) is 1.04. The third-order valence-electron chi connectivity index (χ3n) is 2.79. The van der Waals surface area contributed by atoms with E-state index in [9.17, 15) is 4.39 Å². The first-order chi connectivity index (χ1) is 8.15. The van der Waals surface area contributed by atoms with E-state index in [1.807, 2.05) is 0 Å². The van der Waals surface area contributed by atoms with Gasteiger partial charge in [-0.1, -0.05) is 13.8 Å². The molecular formula is C13H22FN3. The Hall–Kier alpha value is -1.29. The molecule has 0 saturated carbocycles. The maximum Gasteiger partial charge on any atom is 0.127 e. The molecule has 3 nitrogen and oxygen atoms in total. The van der Waals surface area contributed by atoms with Gasteiger partial charge in [-0.05, 0) is 44.3 Å². The number of anilines is 2. The molecule has 1 aromatic carbocycles. The molecule has 96 valence electrons. The third kappa shape index (κ3) is 5.04. The number of nitrogens with two attached hydrogens (primary N) is 1. The van der Waals surface area contributed by atoms with Crippen molar-refractivity contribution in [3.05, 3.63) is 24.0 Å². The Morgan fingerprint density at radius 1 is 1.24 bits per heavy atom. The minimum absolute atomic E-state index is 0.295. The minimum Gasteiger partial charge on any atom is -0.399 e. The lowest BCUT2D eigenvalue weighted by Gasteiger charge is -2.18. The average molecular weight is 239 g/mol. The molecule has 1 rings (SSSR count). The molecule has 0 aliphatic heterocycles. The number of nitrogens with zero attached hydrogens (tertiary/aromatic N) is 1. The first-order valence-electron chi connectivity index (χ1n) is 6.18. The summed E-state index contributed by atoms with van der Waals surface area (Å²) < 4.78 is 13.0. The molecule has 0 unspecified atom stereocenters. The van der Waals surface area contributed by atoms with Crippen molar-refractivity contribution in [1.82, 2.24) is 4.90 Å². The largest absolute Gasteiger partial charge is 0.399 e. The Morgan fingerprint density at radius 2 is 1.94 bits per heavy atom. The SMILES string of the molecule is CCN(CC)CCCNc1cc(N)cc(F)c1. The number of nitrogens with one attached hydrogen (secondary N) is 1. The predicted octanol–water partition coefficient (Wildman–Crippen LogP) is 2.55. The lowest BCUT2D eigenvalue weighted by Crippen LogP contribution is -2.25. The first-order valence-corrected chi connectivity index (χ1v) is 6.18. The molecule has 0 spiro atoms. The Kier molecular flexibility index (Phi) is 5.77. The monoisotopic (exact) mass is 239 g/mol. The predicted molar refractivity (Wildman–Crippen MR) is 71.7 cm³/mol. The van der Waals surface area contributed by atoms with Crippen molar-refractivity contribution >= 4 is 11.4 Å². The van der Waals surface area contributed by atoms with Gasteiger partial charge in [-0.3, -0.25) is 0 Å². The van der Waals surface area contributed by atoms with E-state index in [1.165, 1.54) is 12.1 Å². The highest BCUT2D eigenvalue weighted by Gasteiger charge is 2.00. The lowest BCUT2D eigenvalue weighted by atomic mass is 10.2. The zero-order chi connectivity index (χ0) is 12.7. The number of benzene rings is 1. The van der Waals surface area contributed by atoms with Crippen LogP contribution in [0.5, 0.6) is 0 Å². The van der Waals surface area contributed by atoms with E-state index in [4.69, 9.17) is 5.73 Å². The van der Waals surface area contributed by atoms with Gasteiger partial charge in [0.25, 0.3) is 0 Å². The van der Waals surface area contributed by atoms with Gasteiger partial charge in [0.05, 0.1) is 0 Å². The molecule has 0 heterocycles. The summed E-state index contributed by atoms with van der Waals surface area (Å²) in [5.41, 5.74) is 6.77. The molecule has 4 heteroatoms. The fourth-order valence-electron chi connectivity index (χ4n) is 1.79. The normalized spacial score (nSPS) is 10.8. The second-order valence-electron chi connectivity index (χ2n) is 4.08. The average Bonchev–Trinajstić information content (AvgIpc) is 2.28. The van der Waals surface area contributed by atoms with Crippen LogP contribution in [0.15, 0.2) is 18.2 Å². The van der Waals surface area contributed by atoms with E-state index in [1.54, 1.807) is 6.07 Å². The molecule has 0 bridgehead atoms. The number of halogens is 1. The van der Waals surface area contributed by atoms with Gasteiger partial charge in [-0.25, -0.2) is 4.39 Å². The minimum atomic E-state index is -0.295. The maximum absolute atomic E-state index is 13.0. The van der Waals surface area contributed by atoms with Crippen molar-refractivity contribution in [1.29, 1.82) is 0 Å². The highest BCUT2D eigenvalue weighted by molar-refractivity contribution is 5.54. The van der Waals surface area contributed by atoms with Crippen LogP contribution in [0, 0.1) is 5.82 Å². The van der Waals surface area contributed by atoms with E-state index in [2.05, 4.69) is 24.1 Å². The lowest BCUT2D eigenvalue weighted by molar-refractivity contribution is 0.303. The van der Waals surface area contributed by atoms with Gasteiger partial charge in [0.1, 0.15) is 5.82 Å². The molecule has 0 aliphatic carbocycles.